The SMILES string of the molecule is Nc1c(F)cc(F)c(Br)c1NCC(O)CNC(=O)OCc1ccccc1. The zero-order valence-electron chi connectivity index (χ0n) is 13.6. The molecule has 0 saturated carbocycles. The van der Waals surface area contributed by atoms with Crippen LogP contribution in [-0.2, 0) is 11.3 Å². The lowest BCUT2D eigenvalue weighted by molar-refractivity contribution is 0.128. The van der Waals surface area contributed by atoms with Gasteiger partial charge in [-0.1, -0.05) is 30.3 Å². The second-order valence-corrected chi connectivity index (χ2v) is 6.21. The number of aliphatic hydroxyl groups is 1. The number of nitrogens with two attached hydrogens (primary N) is 1. The van der Waals surface area contributed by atoms with Gasteiger partial charge in [0, 0.05) is 19.2 Å². The fraction of sp³-hybridized carbons (Fsp3) is 0.235. The van der Waals surface area contributed by atoms with Gasteiger partial charge in [0.05, 0.1) is 22.0 Å². The number of benzene rings is 2. The average molecular weight is 430 g/mol. The minimum Gasteiger partial charge on any atom is -0.445 e. The molecule has 2 aromatic rings. The third-order valence-electron chi connectivity index (χ3n) is 3.42. The third-order valence-corrected chi connectivity index (χ3v) is 4.19. The molecule has 0 fully saturated rings. The van der Waals surface area contributed by atoms with Gasteiger partial charge in [0.1, 0.15) is 12.4 Å². The molecule has 1 unspecified atom stereocenters. The van der Waals surface area contributed by atoms with Gasteiger partial charge >= 0.3 is 6.09 Å². The molecule has 0 spiro atoms. The van der Waals surface area contributed by atoms with Gasteiger partial charge in [-0.2, -0.15) is 0 Å². The zero-order chi connectivity index (χ0) is 19.1. The summed E-state index contributed by atoms with van der Waals surface area (Å²) >= 11 is 2.96. The van der Waals surface area contributed by atoms with E-state index in [1.165, 1.54) is 0 Å². The summed E-state index contributed by atoms with van der Waals surface area (Å²) in [4.78, 5) is 11.6. The van der Waals surface area contributed by atoms with Crippen LogP contribution in [0.4, 0.5) is 25.0 Å². The Hall–Kier alpha value is -2.39. The molecule has 0 aliphatic heterocycles. The van der Waals surface area contributed by atoms with Crippen LogP contribution in [0.25, 0.3) is 0 Å². The van der Waals surface area contributed by atoms with Crippen molar-refractivity contribution in [3.63, 3.8) is 0 Å². The second kappa shape index (κ2) is 9.35. The fourth-order valence-corrected chi connectivity index (χ4v) is 2.52. The summed E-state index contributed by atoms with van der Waals surface area (Å²) in [5, 5.41) is 14.9. The predicted molar refractivity (Wildman–Crippen MR) is 97.6 cm³/mol. The maximum Gasteiger partial charge on any atom is 0.407 e. The molecule has 5 N–H and O–H groups in total. The number of carbonyl (C=O) groups is 1. The fourth-order valence-electron chi connectivity index (χ4n) is 2.05. The van der Waals surface area contributed by atoms with Crippen LogP contribution >= 0.6 is 15.9 Å². The molecule has 0 aliphatic carbocycles. The molecular formula is C17H18BrF2N3O3. The Morgan fingerprint density at radius 1 is 1.23 bits per heavy atom. The summed E-state index contributed by atoms with van der Waals surface area (Å²) in [6, 6.07) is 9.78. The molecule has 0 aromatic heterocycles. The third kappa shape index (κ3) is 5.57. The Balaban J connectivity index is 1.77. The molecule has 1 atom stereocenters. The second-order valence-electron chi connectivity index (χ2n) is 5.42. The Bertz CT molecular complexity index is 736. The first-order chi connectivity index (χ1) is 12.4. The highest BCUT2D eigenvalue weighted by Gasteiger charge is 2.16. The highest BCUT2D eigenvalue weighted by Crippen LogP contribution is 2.33. The van der Waals surface area contributed by atoms with E-state index < -0.39 is 23.8 Å². The van der Waals surface area contributed by atoms with E-state index in [0.717, 1.165) is 5.56 Å². The summed E-state index contributed by atoms with van der Waals surface area (Å²) in [7, 11) is 0. The van der Waals surface area contributed by atoms with Gasteiger partial charge in [-0.05, 0) is 21.5 Å². The van der Waals surface area contributed by atoms with E-state index in [1.807, 2.05) is 30.3 Å². The van der Waals surface area contributed by atoms with Crippen molar-refractivity contribution >= 4 is 33.4 Å². The van der Waals surface area contributed by atoms with Gasteiger partial charge in [-0.25, -0.2) is 13.6 Å². The smallest absolute Gasteiger partial charge is 0.407 e. The number of carbonyl (C=O) groups excluding carboxylic acids is 1. The standard InChI is InChI=1S/C17H18BrF2N3O3/c18-14-12(19)6-13(20)15(21)16(14)22-7-11(24)8-23-17(25)26-9-10-4-2-1-3-5-10/h1-6,11,22,24H,7-9,21H2,(H,23,25). The first-order valence-corrected chi connectivity index (χ1v) is 8.47. The summed E-state index contributed by atoms with van der Waals surface area (Å²) in [6.45, 7) is -0.104. The minimum absolute atomic E-state index is 0.00629. The number of rotatable bonds is 7. The minimum atomic E-state index is -1.03. The number of anilines is 2. The first kappa shape index (κ1) is 19.9. The highest BCUT2D eigenvalue weighted by molar-refractivity contribution is 9.10. The first-order valence-electron chi connectivity index (χ1n) is 7.68. The number of nitrogens with one attached hydrogen (secondary N) is 2. The molecule has 0 heterocycles. The van der Waals surface area contributed by atoms with Crippen molar-refractivity contribution < 1.29 is 23.4 Å². The Morgan fingerprint density at radius 3 is 2.62 bits per heavy atom. The van der Waals surface area contributed by atoms with E-state index in [9.17, 15) is 18.7 Å². The van der Waals surface area contributed by atoms with E-state index in [1.54, 1.807) is 0 Å². The maximum atomic E-state index is 13.5. The van der Waals surface area contributed by atoms with Crippen LogP contribution in [0.3, 0.4) is 0 Å². The number of ether oxygens (including phenoxy) is 1. The van der Waals surface area contributed by atoms with Crippen molar-refractivity contribution in [2.24, 2.45) is 0 Å². The number of hydrogen-bond donors (Lipinski definition) is 4. The van der Waals surface area contributed by atoms with Crippen molar-refractivity contribution in [3.05, 3.63) is 58.1 Å². The molecule has 0 radical (unpaired) electrons. The average Bonchev–Trinajstić information content (AvgIpc) is 2.64. The number of nitrogen functional groups attached to an aromatic ring is 1. The Kier molecular flexibility index (Phi) is 7.16. The molecule has 2 rings (SSSR count). The van der Waals surface area contributed by atoms with Crippen LogP contribution in [0, 0.1) is 11.6 Å². The molecule has 0 bridgehead atoms. The van der Waals surface area contributed by atoms with Crippen molar-refractivity contribution in [2.75, 3.05) is 24.1 Å². The van der Waals surface area contributed by atoms with Crippen LogP contribution in [0.5, 0.6) is 0 Å². The van der Waals surface area contributed by atoms with E-state index in [0.29, 0.717) is 6.07 Å². The molecule has 140 valence electrons. The molecule has 2 aromatic carbocycles. The molecule has 0 saturated heterocycles. The quantitative estimate of drug-likeness (QED) is 0.400. The predicted octanol–water partition coefficient (Wildman–Crippen LogP) is 3.01. The molecule has 9 heteroatoms. The molecule has 0 aliphatic rings. The van der Waals surface area contributed by atoms with Gasteiger partial charge in [-0.15, -0.1) is 0 Å². The number of alkyl carbamates (subject to hydrolysis) is 1. The molecular weight excluding hydrogens is 412 g/mol. The van der Waals surface area contributed by atoms with E-state index in [2.05, 4.69) is 26.6 Å². The lowest BCUT2D eigenvalue weighted by Crippen LogP contribution is -2.36. The summed E-state index contributed by atoms with van der Waals surface area (Å²) in [6.07, 6.45) is -1.72. The summed E-state index contributed by atoms with van der Waals surface area (Å²) < 4.78 is 31.9. The number of aliphatic hydroxyl groups excluding tert-OH is 1. The Morgan fingerprint density at radius 2 is 1.92 bits per heavy atom. The lowest BCUT2D eigenvalue weighted by Gasteiger charge is -2.16. The molecule has 26 heavy (non-hydrogen) atoms. The van der Waals surface area contributed by atoms with Crippen molar-refractivity contribution in [2.45, 2.75) is 12.7 Å². The molecule has 1 amide bonds. The number of amides is 1. The zero-order valence-corrected chi connectivity index (χ0v) is 15.2. The van der Waals surface area contributed by atoms with Crippen LogP contribution < -0.4 is 16.4 Å². The highest BCUT2D eigenvalue weighted by atomic mass is 79.9. The van der Waals surface area contributed by atoms with E-state index >= 15 is 0 Å². The lowest BCUT2D eigenvalue weighted by atomic mass is 10.2. The monoisotopic (exact) mass is 429 g/mol. The van der Waals surface area contributed by atoms with Gasteiger partial charge < -0.3 is 26.2 Å². The number of hydrogen-bond acceptors (Lipinski definition) is 5. The van der Waals surface area contributed by atoms with E-state index in [4.69, 9.17) is 10.5 Å². The topological polar surface area (TPSA) is 96.6 Å². The summed E-state index contributed by atoms with van der Waals surface area (Å²) in [5.74, 6) is -1.73. The van der Waals surface area contributed by atoms with Gasteiger partial charge in [0.2, 0.25) is 0 Å². The van der Waals surface area contributed by atoms with Gasteiger partial charge in [0.25, 0.3) is 0 Å². The molecule has 6 nitrogen and oxygen atoms in total. The van der Waals surface area contributed by atoms with Crippen LogP contribution in [0.2, 0.25) is 0 Å². The van der Waals surface area contributed by atoms with Crippen molar-refractivity contribution in [1.82, 2.24) is 5.32 Å². The van der Waals surface area contributed by atoms with Gasteiger partial charge in [-0.3, -0.25) is 0 Å². The van der Waals surface area contributed by atoms with E-state index in [-0.39, 0.29) is 35.5 Å². The van der Waals surface area contributed by atoms with Crippen molar-refractivity contribution in [1.29, 1.82) is 0 Å². The van der Waals surface area contributed by atoms with Crippen LogP contribution in [0.15, 0.2) is 40.9 Å². The summed E-state index contributed by atoms with van der Waals surface area (Å²) in [5.41, 5.74) is 6.10. The van der Waals surface area contributed by atoms with Crippen LogP contribution in [-0.4, -0.2) is 30.4 Å². The largest absolute Gasteiger partial charge is 0.445 e. The number of halogens is 3. The van der Waals surface area contributed by atoms with Crippen LogP contribution in [0.1, 0.15) is 5.56 Å². The van der Waals surface area contributed by atoms with Crippen molar-refractivity contribution in [3.8, 4) is 0 Å². The van der Waals surface area contributed by atoms with Gasteiger partial charge in [0.15, 0.2) is 5.82 Å². The normalized spacial score (nSPS) is 11.7. The Labute approximate surface area is 157 Å². The maximum absolute atomic E-state index is 13.5.